The highest BCUT2D eigenvalue weighted by molar-refractivity contribution is 6.06. The molecular formula is C14H18N2O4. The largest absolute Gasteiger partial charge is 0.478 e. The van der Waals surface area contributed by atoms with Crippen molar-refractivity contribution in [1.82, 2.24) is 5.32 Å². The molecule has 4 N–H and O–H groups in total. The standard InChI is InChI=1S/C14H18N2O4/c1-8-5-6-9(2)12(14(19)20)11(8)13(18)16-7-3-4-10(15)17/h5-6H,3-4,7H2,1-2H3,(H2,15,17)(H,16,18)(H,19,20). The molecule has 108 valence electrons. The predicted molar refractivity (Wildman–Crippen MR) is 73.6 cm³/mol. The number of hydrogen-bond donors (Lipinski definition) is 3. The molecule has 1 aromatic carbocycles. The Labute approximate surface area is 117 Å². The Kier molecular flexibility index (Phi) is 5.25. The molecule has 20 heavy (non-hydrogen) atoms. The zero-order chi connectivity index (χ0) is 15.3. The highest BCUT2D eigenvalue weighted by atomic mass is 16.4. The van der Waals surface area contributed by atoms with Crippen LogP contribution in [0.4, 0.5) is 0 Å². The Bertz CT molecular complexity index is 552. The van der Waals surface area contributed by atoms with Gasteiger partial charge in [0.25, 0.3) is 5.91 Å². The number of carboxylic acids is 1. The van der Waals surface area contributed by atoms with E-state index in [1.165, 1.54) is 0 Å². The number of carbonyl (C=O) groups is 3. The SMILES string of the molecule is Cc1ccc(C)c(C(=O)NCCCC(N)=O)c1C(=O)O. The summed E-state index contributed by atoms with van der Waals surface area (Å²) in [5.41, 5.74) is 6.30. The van der Waals surface area contributed by atoms with Gasteiger partial charge >= 0.3 is 5.97 Å². The molecule has 0 atom stereocenters. The number of nitrogens with one attached hydrogen (secondary N) is 1. The van der Waals surface area contributed by atoms with E-state index < -0.39 is 17.8 Å². The number of primary amides is 1. The van der Waals surface area contributed by atoms with Crippen molar-refractivity contribution in [2.75, 3.05) is 6.54 Å². The average molecular weight is 278 g/mol. The molecule has 0 aliphatic heterocycles. The summed E-state index contributed by atoms with van der Waals surface area (Å²) in [5.74, 6) is -2.02. The fourth-order valence-electron chi connectivity index (χ4n) is 1.93. The average Bonchev–Trinajstić information content (AvgIpc) is 2.36. The van der Waals surface area contributed by atoms with Gasteiger partial charge < -0.3 is 16.2 Å². The summed E-state index contributed by atoms with van der Waals surface area (Å²) in [4.78, 5) is 34.0. The highest BCUT2D eigenvalue weighted by Gasteiger charge is 2.20. The molecule has 0 spiro atoms. The minimum atomic E-state index is -1.13. The van der Waals surface area contributed by atoms with Crippen LogP contribution in [0.5, 0.6) is 0 Å². The summed E-state index contributed by atoms with van der Waals surface area (Å²) in [6, 6.07) is 3.38. The predicted octanol–water partition coefficient (Wildman–Crippen LogP) is 0.997. The maximum atomic E-state index is 12.1. The Morgan fingerprint density at radius 1 is 1.15 bits per heavy atom. The summed E-state index contributed by atoms with van der Waals surface area (Å²) >= 11 is 0. The zero-order valence-electron chi connectivity index (χ0n) is 11.5. The van der Waals surface area contributed by atoms with Crippen LogP contribution in [0.1, 0.15) is 44.7 Å². The van der Waals surface area contributed by atoms with Gasteiger partial charge in [-0.25, -0.2) is 4.79 Å². The summed E-state index contributed by atoms with van der Waals surface area (Å²) in [7, 11) is 0. The van der Waals surface area contributed by atoms with Crippen LogP contribution in [0.15, 0.2) is 12.1 Å². The zero-order valence-corrected chi connectivity index (χ0v) is 11.5. The first-order valence-electron chi connectivity index (χ1n) is 6.24. The third-order valence-electron chi connectivity index (χ3n) is 2.95. The maximum Gasteiger partial charge on any atom is 0.336 e. The van der Waals surface area contributed by atoms with E-state index in [1.54, 1.807) is 26.0 Å². The molecule has 0 unspecified atom stereocenters. The molecule has 1 aromatic rings. The van der Waals surface area contributed by atoms with Crippen LogP contribution >= 0.6 is 0 Å². The topological polar surface area (TPSA) is 109 Å². The first-order valence-corrected chi connectivity index (χ1v) is 6.24. The Morgan fingerprint density at radius 3 is 2.20 bits per heavy atom. The van der Waals surface area contributed by atoms with Crippen molar-refractivity contribution in [1.29, 1.82) is 0 Å². The van der Waals surface area contributed by atoms with Gasteiger partial charge in [-0.15, -0.1) is 0 Å². The lowest BCUT2D eigenvalue weighted by molar-refractivity contribution is -0.118. The van der Waals surface area contributed by atoms with Crippen molar-refractivity contribution >= 4 is 17.8 Å². The molecule has 0 aliphatic rings. The van der Waals surface area contributed by atoms with Crippen molar-refractivity contribution in [3.05, 3.63) is 34.4 Å². The van der Waals surface area contributed by atoms with Gasteiger partial charge in [0.05, 0.1) is 11.1 Å². The van der Waals surface area contributed by atoms with Gasteiger partial charge in [0, 0.05) is 13.0 Å². The number of amides is 2. The first-order chi connectivity index (χ1) is 9.34. The van der Waals surface area contributed by atoms with Gasteiger partial charge in [-0.05, 0) is 31.4 Å². The van der Waals surface area contributed by atoms with Crippen LogP contribution in [0.25, 0.3) is 0 Å². The number of benzene rings is 1. The molecule has 6 nitrogen and oxygen atoms in total. The van der Waals surface area contributed by atoms with Crippen molar-refractivity contribution in [2.45, 2.75) is 26.7 Å². The number of aryl methyl sites for hydroxylation is 2. The van der Waals surface area contributed by atoms with Gasteiger partial charge in [0.15, 0.2) is 0 Å². The van der Waals surface area contributed by atoms with E-state index in [2.05, 4.69) is 5.32 Å². The Morgan fingerprint density at radius 2 is 1.70 bits per heavy atom. The molecule has 0 bridgehead atoms. The van der Waals surface area contributed by atoms with Crippen molar-refractivity contribution < 1.29 is 19.5 Å². The van der Waals surface area contributed by atoms with Crippen molar-refractivity contribution in [3.63, 3.8) is 0 Å². The summed E-state index contributed by atoms with van der Waals surface area (Å²) in [6.07, 6.45) is 0.604. The van der Waals surface area contributed by atoms with E-state index in [0.29, 0.717) is 17.5 Å². The molecule has 6 heteroatoms. The summed E-state index contributed by atoms with van der Waals surface area (Å²) < 4.78 is 0. The fraction of sp³-hybridized carbons (Fsp3) is 0.357. The van der Waals surface area contributed by atoms with Gasteiger partial charge in [-0.2, -0.15) is 0 Å². The van der Waals surface area contributed by atoms with Gasteiger partial charge in [-0.3, -0.25) is 9.59 Å². The van der Waals surface area contributed by atoms with Crippen LogP contribution in [0.3, 0.4) is 0 Å². The van der Waals surface area contributed by atoms with Crippen molar-refractivity contribution in [3.8, 4) is 0 Å². The van der Waals surface area contributed by atoms with Gasteiger partial charge in [0.1, 0.15) is 0 Å². The normalized spacial score (nSPS) is 10.1. The minimum absolute atomic E-state index is 0.0115. The molecule has 0 saturated carbocycles. The number of nitrogens with two attached hydrogens (primary N) is 1. The number of hydrogen-bond acceptors (Lipinski definition) is 3. The second kappa shape index (κ2) is 6.70. The molecule has 1 rings (SSSR count). The molecule has 0 radical (unpaired) electrons. The molecule has 0 saturated heterocycles. The van der Waals surface area contributed by atoms with E-state index in [0.717, 1.165) is 0 Å². The number of rotatable bonds is 6. The van der Waals surface area contributed by atoms with E-state index in [9.17, 15) is 19.5 Å². The second-order valence-electron chi connectivity index (χ2n) is 4.58. The summed E-state index contributed by atoms with van der Waals surface area (Å²) in [5, 5.41) is 11.8. The number of aromatic carboxylic acids is 1. The monoisotopic (exact) mass is 278 g/mol. The second-order valence-corrected chi connectivity index (χ2v) is 4.58. The summed E-state index contributed by atoms with van der Waals surface area (Å²) in [6.45, 7) is 3.60. The van der Waals surface area contributed by atoms with Gasteiger partial charge in [-0.1, -0.05) is 12.1 Å². The Balaban J connectivity index is 2.90. The highest BCUT2D eigenvalue weighted by Crippen LogP contribution is 2.18. The lowest BCUT2D eigenvalue weighted by atomic mass is 9.96. The van der Waals surface area contributed by atoms with E-state index in [4.69, 9.17) is 5.73 Å². The van der Waals surface area contributed by atoms with Crippen LogP contribution in [-0.2, 0) is 4.79 Å². The molecule has 2 amide bonds. The number of carboxylic acid groups (broad SMARTS) is 1. The van der Waals surface area contributed by atoms with Gasteiger partial charge in [0.2, 0.25) is 5.91 Å². The molecule has 0 fully saturated rings. The van der Waals surface area contributed by atoms with E-state index in [1.807, 2.05) is 0 Å². The fourth-order valence-corrected chi connectivity index (χ4v) is 1.93. The van der Waals surface area contributed by atoms with E-state index >= 15 is 0 Å². The molecule has 0 heterocycles. The lowest BCUT2D eigenvalue weighted by Crippen LogP contribution is -2.28. The van der Waals surface area contributed by atoms with Crippen LogP contribution in [0, 0.1) is 13.8 Å². The Hall–Kier alpha value is -2.37. The smallest absolute Gasteiger partial charge is 0.336 e. The van der Waals surface area contributed by atoms with Crippen molar-refractivity contribution in [2.24, 2.45) is 5.73 Å². The first kappa shape index (κ1) is 15.7. The third kappa shape index (κ3) is 3.81. The molecule has 0 aliphatic carbocycles. The third-order valence-corrected chi connectivity index (χ3v) is 2.95. The number of carbonyl (C=O) groups excluding carboxylic acids is 2. The molecule has 0 aromatic heterocycles. The van der Waals surface area contributed by atoms with Crippen LogP contribution in [-0.4, -0.2) is 29.4 Å². The lowest BCUT2D eigenvalue weighted by Gasteiger charge is -2.12. The maximum absolute atomic E-state index is 12.1. The quantitative estimate of drug-likeness (QED) is 0.674. The van der Waals surface area contributed by atoms with E-state index in [-0.39, 0.29) is 24.1 Å². The molecular weight excluding hydrogens is 260 g/mol. The van der Waals surface area contributed by atoms with Crippen LogP contribution < -0.4 is 11.1 Å². The van der Waals surface area contributed by atoms with Crippen LogP contribution in [0.2, 0.25) is 0 Å². The minimum Gasteiger partial charge on any atom is -0.478 e.